The van der Waals surface area contributed by atoms with Gasteiger partial charge in [0.25, 0.3) is 0 Å². The van der Waals surface area contributed by atoms with Crippen LogP contribution in [0, 0.1) is 0 Å². The molecule has 0 heterocycles. The number of ether oxygens (including phenoxy) is 1. The molecule has 0 aliphatic heterocycles. The second-order valence-corrected chi connectivity index (χ2v) is 4.50. The van der Waals surface area contributed by atoms with Gasteiger partial charge in [0.2, 0.25) is 0 Å². The third-order valence-electron chi connectivity index (χ3n) is 3.23. The summed E-state index contributed by atoms with van der Waals surface area (Å²) in [5, 5.41) is 0. The van der Waals surface area contributed by atoms with Crippen molar-refractivity contribution in [3.05, 3.63) is 60.2 Å². The van der Waals surface area contributed by atoms with Gasteiger partial charge in [-0.25, -0.2) is 0 Å². The molecule has 20 heavy (non-hydrogen) atoms. The van der Waals surface area contributed by atoms with Crippen molar-refractivity contribution in [2.24, 2.45) is 0 Å². The molecule has 0 aliphatic rings. The summed E-state index contributed by atoms with van der Waals surface area (Å²) in [6.45, 7) is 3.21. The highest BCUT2D eigenvalue weighted by atomic mass is 16.5. The fourth-order valence-corrected chi connectivity index (χ4v) is 2.09. The predicted molar refractivity (Wildman–Crippen MR) is 81.7 cm³/mol. The third kappa shape index (κ3) is 3.38. The van der Waals surface area contributed by atoms with Crippen LogP contribution >= 0.6 is 0 Å². The Morgan fingerprint density at radius 1 is 1.10 bits per heavy atom. The lowest BCUT2D eigenvalue weighted by molar-refractivity contribution is 0.0999. The molecule has 0 amide bonds. The van der Waals surface area contributed by atoms with Gasteiger partial charge in [0.15, 0.2) is 5.78 Å². The molecule has 2 rings (SSSR count). The van der Waals surface area contributed by atoms with Crippen molar-refractivity contribution in [2.75, 3.05) is 25.1 Å². The normalized spacial score (nSPS) is 10.1. The molecule has 2 aromatic rings. The fourth-order valence-electron chi connectivity index (χ4n) is 2.09. The third-order valence-corrected chi connectivity index (χ3v) is 3.23. The summed E-state index contributed by atoms with van der Waals surface area (Å²) in [5.41, 5.74) is 1.74. The van der Waals surface area contributed by atoms with E-state index in [1.807, 2.05) is 55.5 Å². The number of hydrogen-bond acceptors (Lipinski definition) is 3. The Labute approximate surface area is 119 Å². The van der Waals surface area contributed by atoms with Crippen molar-refractivity contribution in [3.8, 4) is 5.75 Å². The summed E-state index contributed by atoms with van der Waals surface area (Å²) in [5.74, 6) is 0.799. The van der Waals surface area contributed by atoms with Crippen molar-refractivity contribution >= 4 is 11.5 Å². The first kappa shape index (κ1) is 14.1. The first-order valence-electron chi connectivity index (χ1n) is 6.72. The average molecular weight is 269 g/mol. The second-order valence-electron chi connectivity index (χ2n) is 4.50. The number of ketones is 1. The summed E-state index contributed by atoms with van der Waals surface area (Å²) >= 11 is 0. The van der Waals surface area contributed by atoms with Crippen molar-refractivity contribution in [1.82, 2.24) is 0 Å². The Kier molecular flexibility index (Phi) is 4.77. The molecule has 104 valence electrons. The maximum Gasteiger partial charge on any atom is 0.182 e. The highest BCUT2D eigenvalue weighted by Gasteiger charge is 2.12. The van der Waals surface area contributed by atoms with Gasteiger partial charge in [-0.15, -0.1) is 0 Å². The van der Waals surface area contributed by atoms with Gasteiger partial charge >= 0.3 is 0 Å². The fraction of sp³-hybridized carbons (Fsp3) is 0.235. The van der Waals surface area contributed by atoms with E-state index in [2.05, 4.69) is 4.90 Å². The number of carbonyl (C=O) groups excluding carboxylic acids is 1. The Morgan fingerprint density at radius 3 is 2.50 bits per heavy atom. The molecule has 0 atom stereocenters. The average Bonchev–Trinajstić information content (AvgIpc) is 2.53. The molecule has 0 spiro atoms. The Balaban J connectivity index is 2.13. The summed E-state index contributed by atoms with van der Waals surface area (Å²) < 4.78 is 5.16. The van der Waals surface area contributed by atoms with Crippen LogP contribution in [0.25, 0.3) is 0 Å². The number of likely N-dealkylation sites (N-methyl/N-ethyl adjacent to an activating group) is 1. The molecule has 3 heteroatoms. The maximum absolute atomic E-state index is 12.4. The number of carbonyl (C=O) groups is 1. The minimum Gasteiger partial charge on any atom is -0.497 e. The number of rotatable bonds is 6. The quantitative estimate of drug-likeness (QED) is 0.753. The molecule has 0 saturated carbocycles. The summed E-state index contributed by atoms with van der Waals surface area (Å²) in [4.78, 5) is 14.4. The summed E-state index contributed by atoms with van der Waals surface area (Å²) in [6.07, 6.45) is 0. The molecule has 0 N–H and O–H groups in total. The van der Waals surface area contributed by atoms with Crippen LogP contribution < -0.4 is 9.64 Å². The predicted octanol–water partition coefficient (Wildman–Crippen LogP) is 3.40. The Bertz CT molecular complexity index is 566. The number of methoxy groups -OCH3 is 1. The monoisotopic (exact) mass is 269 g/mol. The number of benzene rings is 2. The lowest BCUT2D eigenvalue weighted by atomic mass is 10.1. The molecule has 3 nitrogen and oxygen atoms in total. The second kappa shape index (κ2) is 6.75. The molecule has 0 saturated heterocycles. The molecular weight excluding hydrogens is 250 g/mol. The first-order chi connectivity index (χ1) is 9.74. The summed E-state index contributed by atoms with van der Waals surface area (Å²) in [6, 6.07) is 17.2. The highest BCUT2D eigenvalue weighted by Crippen LogP contribution is 2.16. The molecule has 0 fully saturated rings. The molecule has 0 aliphatic carbocycles. The van der Waals surface area contributed by atoms with Crippen LogP contribution in [0.3, 0.4) is 0 Å². The molecule has 2 aromatic carbocycles. The van der Waals surface area contributed by atoms with Crippen LogP contribution in [0.15, 0.2) is 54.6 Å². The van der Waals surface area contributed by atoms with E-state index < -0.39 is 0 Å². The van der Waals surface area contributed by atoms with E-state index in [9.17, 15) is 4.79 Å². The maximum atomic E-state index is 12.4. The van der Waals surface area contributed by atoms with Gasteiger partial charge in [-0.1, -0.05) is 30.3 Å². The van der Waals surface area contributed by atoms with Gasteiger partial charge in [-0.3, -0.25) is 4.79 Å². The largest absolute Gasteiger partial charge is 0.497 e. The van der Waals surface area contributed by atoms with E-state index in [0.717, 1.165) is 12.2 Å². The summed E-state index contributed by atoms with van der Waals surface area (Å²) in [7, 11) is 1.60. The smallest absolute Gasteiger partial charge is 0.182 e. The highest BCUT2D eigenvalue weighted by molar-refractivity contribution is 5.99. The molecular formula is C17H19NO2. The van der Waals surface area contributed by atoms with Crippen LogP contribution in [0.4, 0.5) is 5.69 Å². The van der Waals surface area contributed by atoms with Gasteiger partial charge < -0.3 is 9.64 Å². The van der Waals surface area contributed by atoms with Crippen LogP contribution in [-0.4, -0.2) is 26.0 Å². The van der Waals surface area contributed by atoms with Crippen molar-refractivity contribution < 1.29 is 9.53 Å². The molecule has 0 unspecified atom stereocenters. The number of hydrogen-bond donors (Lipinski definition) is 0. The number of anilines is 1. The minimum atomic E-state index is 0.0922. The van der Waals surface area contributed by atoms with Gasteiger partial charge in [-0.2, -0.15) is 0 Å². The Morgan fingerprint density at radius 2 is 1.85 bits per heavy atom. The zero-order valence-electron chi connectivity index (χ0n) is 11.9. The van der Waals surface area contributed by atoms with E-state index in [-0.39, 0.29) is 5.78 Å². The standard InChI is InChI=1S/C17H19NO2/c1-3-18(15-9-5-4-6-10-15)13-17(19)14-8-7-11-16(12-14)20-2/h4-12H,3,13H2,1-2H3. The zero-order valence-corrected chi connectivity index (χ0v) is 11.9. The van der Waals surface area contributed by atoms with E-state index in [1.54, 1.807) is 13.2 Å². The lowest BCUT2D eigenvalue weighted by Crippen LogP contribution is -2.29. The SMILES string of the molecule is CCN(CC(=O)c1cccc(OC)c1)c1ccccc1. The zero-order chi connectivity index (χ0) is 14.4. The van der Waals surface area contributed by atoms with Gasteiger partial charge in [0.05, 0.1) is 13.7 Å². The van der Waals surface area contributed by atoms with Crippen molar-refractivity contribution in [2.45, 2.75) is 6.92 Å². The number of Topliss-reactive ketones (excluding diaryl/α,β-unsaturated/α-hetero) is 1. The molecule has 0 bridgehead atoms. The van der Waals surface area contributed by atoms with Crippen molar-refractivity contribution in [3.63, 3.8) is 0 Å². The van der Waals surface area contributed by atoms with Crippen LogP contribution in [-0.2, 0) is 0 Å². The molecule has 0 radical (unpaired) electrons. The van der Waals surface area contributed by atoms with E-state index in [1.165, 1.54) is 0 Å². The van der Waals surface area contributed by atoms with Crippen LogP contribution in [0.5, 0.6) is 5.75 Å². The van der Waals surface area contributed by atoms with Gasteiger partial charge in [0, 0.05) is 17.8 Å². The van der Waals surface area contributed by atoms with E-state index in [4.69, 9.17) is 4.74 Å². The first-order valence-corrected chi connectivity index (χ1v) is 6.72. The van der Waals surface area contributed by atoms with Crippen LogP contribution in [0.1, 0.15) is 17.3 Å². The van der Waals surface area contributed by atoms with E-state index >= 15 is 0 Å². The van der Waals surface area contributed by atoms with Crippen LogP contribution in [0.2, 0.25) is 0 Å². The number of para-hydroxylation sites is 1. The van der Waals surface area contributed by atoms with Gasteiger partial charge in [0.1, 0.15) is 5.75 Å². The topological polar surface area (TPSA) is 29.5 Å². The Hall–Kier alpha value is -2.29. The number of nitrogens with zero attached hydrogens (tertiary/aromatic N) is 1. The molecule has 0 aromatic heterocycles. The minimum absolute atomic E-state index is 0.0922. The van der Waals surface area contributed by atoms with E-state index in [0.29, 0.717) is 17.9 Å². The van der Waals surface area contributed by atoms with Gasteiger partial charge in [-0.05, 0) is 31.2 Å². The lowest BCUT2D eigenvalue weighted by Gasteiger charge is -2.22. The van der Waals surface area contributed by atoms with Crippen molar-refractivity contribution in [1.29, 1.82) is 0 Å².